The maximum atomic E-state index is 6.18. The standard InChI is InChI=1S/C18H23ClN2S/c19-15-3-1-2-4-16(15)21-17(22)20-11-18-8-12-5-13(9-18)7-14(6-12)10-18/h1-4,12-14H,5-11H2,(H2,20,21,22). The van der Waals surface area contributed by atoms with Crippen LogP contribution in [0.2, 0.25) is 5.02 Å². The zero-order valence-corrected chi connectivity index (χ0v) is 14.3. The second kappa shape index (κ2) is 5.68. The molecule has 5 rings (SSSR count). The highest BCUT2D eigenvalue weighted by molar-refractivity contribution is 7.80. The highest BCUT2D eigenvalue weighted by Gasteiger charge is 2.50. The Morgan fingerprint density at radius 3 is 2.27 bits per heavy atom. The summed E-state index contributed by atoms with van der Waals surface area (Å²) in [6, 6.07) is 7.74. The van der Waals surface area contributed by atoms with E-state index in [0.717, 1.165) is 30.0 Å². The summed E-state index contributed by atoms with van der Waals surface area (Å²) in [5.41, 5.74) is 1.38. The van der Waals surface area contributed by atoms with Crippen LogP contribution >= 0.6 is 23.8 Å². The summed E-state index contributed by atoms with van der Waals surface area (Å²) in [5, 5.41) is 8.12. The number of para-hydroxylation sites is 1. The van der Waals surface area contributed by atoms with Gasteiger partial charge < -0.3 is 10.6 Å². The van der Waals surface area contributed by atoms with Gasteiger partial charge in [0.1, 0.15) is 0 Å². The van der Waals surface area contributed by atoms with Crippen molar-refractivity contribution in [2.24, 2.45) is 23.2 Å². The number of hydrogen-bond acceptors (Lipinski definition) is 1. The van der Waals surface area contributed by atoms with Gasteiger partial charge in [0.2, 0.25) is 0 Å². The van der Waals surface area contributed by atoms with Crippen LogP contribution in [0.15, 0.2) is 24.3 Å². The van der Waals surface area contributed by atoms with Gasteiger partial charge in [0.25, 0.3) is 0 Å². The molecule has 0 amide bonds. The molecule has 22 heavy (non-hydrogen) atoms. The van der Waals surface area contributed by atoms with E-state index < -0.39 is 0 Å². The third-order valence-electron chi connectivity index (χ3n) is 5.91. The van der Waals surface area contributed by atoms with Crippen LogP contribution < -0.4 is 10.6 Å². The monoisotopic (exact) mass is 334 g/mol. The highest BCUT2D eigenvalue weighted by atomic mass is 35.5. The molecule has 0 radical (unpaired) electrons. The molecule has 0 aromatic heterocycles. The molecule has 4 bridgehead atoms. The van der Waals surface area contributed by atoms with Crippen molar-refractivity contribution >= 4 is 34.6 Å². The molecule has 0 spiro atoms. The number of halogens is 1. The first-order valence-electron chi connectivity index (χ1n) is 8.41. The first kappa shape index (κ1) is 14.8. The molecular weight excluding hydrogens is 312 g/mol. The van der Waals surface area contributed by atoms with E-state index in [1.165, 1.54) is 38.5 Å². The van der Waals surface area contributed by atoms with Gasteiger partial charge in [-0.05, 0) is 86.0 Å². The largest absolute Gasteiger partial charge is 0.362 e. The van der Waals surface area contributed by atoms with E-state index in [2.05, 4.69) is 10.6 Å². The first-order valence-corrected chi connectivity index (χ1v) is 9.20. The van der Waals surface area contributed by atoms with Crippen molar-refractivity contribution in [2.75, 3.05) is 11.9 Å². The van der Waals surface area contributed by atoms with Crippen LogP contribution in [-0.4, -0.2) is 11.7 Å². The number of hydrogen-bond donors (Lipinski definition) is 2. The summed E-state index contributed by atoms with van der Waals surface area (Å²) in [6.45, 7) is 1.02. The van der Waals surface area contributed by atoms with Gasteiger partial charge in [0, 0.05) is 6.54 Å². The van der Waals surface area contributed by atoms with Crippen LogP contribution in [0.5, 0.6) is 0 Å². The van der Waals surface area contributed by atoms with Crippen LogP contribution in [0.1, 0.15) is 38.5 Å². The summed E-state index contributed by atoms with van der Waals surface area (Å²) in [6.07, 6.45) is 8.67. The van der Waals surface area contributed by atoms with E-state index in [1.54, 1.807) is 0 Å². The average molecular weight is 335 g/mol. The molecular formula is C18H23ClN2S. The Hall–Kier alpha value is -0.800. The fourth-order valence-corrected chi connectivity index (χ4v) is 5.87. The quantitative estimate of drug-likeness (QED) is 0.773. The van der Waals surface area contributed by atoms with Gasteiger partial charge in [0.15, 0.2) is 5.11 Å². The van der Waals surface area contributed by atoms with Crippen molar-refractivity contribution in [3.8, 4) is 0 Å². The minimum absolute atomic E-state index is 0.501. The number of nitrogens with one attached hydrogen (secondary N) is 2. The fourth-order valence-electron chi connectivity index (χ4n) is 5.50. The normalized spacial score (nSPS) is 35.4. The van der Waals surface area contributed by atoms with E-state index in [4.69, 9.17) is 23.8 Å². The summed E-state index contributed by atoms with van der Waals surface area (Å²) in [4.78, 5) is 0. The Balaban J connectivity index is 1.37. The van der Waals surface area contributed by atoms with E-state index >= 15 is 0 Å². The third kappa shape index (κ3) is 2.85. The van der Waals surface area contributed by atoms with Crippen molar-refractivity contribution in [3.63, 3.8) is 0 Å². The Kier molecular flexibility index (Phi) is 3.82. The van der Waals surface area contributed by atoms with Crippen LogP contribution in [0.3, 0.4) is 0 Å². The molecule has 1 aromatic rings. The lowest BCUT2D eigenvalue weighted by Gasteiger charge is -2.57. The van der Waals surface area contributed by atoms with Gasteiger partial charge in [-0.2, -0.15) is 0 Å². The van der Waals surface area contributed by atoms with Crippen LogP contribution in [-0.2, 0) is 0 Å². The minimum Gasteiger partial charge on any atom is -0.362 e. The topological polar surface area (TPSA) is 24.1 Å². The Bertz CT molecular complexity index is 551. The Labute approximate surface area is 143 Å². The fraction of sp³-hybridized carbons (Fsp3) is 0.611. The Morgan fingerprint density at radius 1 is 1.09 bits per heavy atom. The minimum atomic E-state index is 0.501. The van der Waals surface area contributed by atoms with Crippen LogP contribution in [0, 0.1) is 23.2 Å². The van der Waals surface area contributed by atoms with E-state index in [-0.39, 0.29) is 0 Å². The predicted octanol–water partition coefficient (Wildman–Crippen LogP) is 4.84. The summed E-state index contributed by atoms with van der Waals surface area (Å²) in [7, 11) is 0. The summed E-state index contributed by atoms with van der Waals surface area (Å²) in [5.74, 6) is 2.95. The molecule has 2 N–H and O–H groups in total. The molecule has 4 aliphatic carbocycles. The van der Waals surface area contributed by atoms with Crippen molar-refractivity contribution in [2.45, 2.75) is 38.5 Å². The summed E-state index contributed by atoms with van der Waals surface area (Å²) >= 11 is 11.6. The number of thiocarbonyl (C=S) groups is 1. The second-order valence-corrected chi connectivity index (χ2v) is 8.52. The van der Waals surface area contributed by atoms with Crippen molar-refractivity contribution < 1.29 is 0 Å². The van der Waals surface area contributed by atoms with Gasteiger partial charge in [-0.25, -0.2) is 0 Å². The summed E-state index contributed by atoms with van der Waals surface area (Å²) < 4.78 is 0. The zero-order chi connectivity index (χ0) is 15.2. The van der Waals surface area contributed by atoms with E-state index in [9.17, 15) is 0 Å². The molecule has 4 saturated carbocycles. The molecule has 0 saturated heterocycles. The molecule has 118 valence electrons. The van der Waals surface area contributed by atoms with Crippen molar-refractivity contribution in [1.82, 2.24) is 5.32 Å². The lowest BCUT2D eigenvalue weighted by atomic mass is 9.49. The molecule has 4 fully saturated rings. The molecule has 2 nitrogen and oxygen atoms in total. The molecule has 4 heteroatoms. The number of anilines is 1. The number of rotatable bonds is 3. The van der Waals surface area contributed by atoms with Gasteiger partial charge in [0.05, 0.1) is 10.7 Å². The molecule has 4 aliphatic rings. The maximum Gasteiger partial charge on any atom is 0.170 e. The molecule has 0 unspecified atom stereocenters. The molecule has 0 heterocycles. The van der Waals surface area contributed by atoms with E-state index in [1.807, 2.05) is 24.3 Å². The second-order valence-electron chi connectivity index (χ2n) is 7.71. The van der Waals surface area contributed by atoms with Gasteiger partial charge in [-0.15, -0.1) is 0 Å². The van der Waals surface area contributed by atoms with Gasteiger partial charge >= 0.3 is 0 Å². The lowest BCUT2D eigenvalue weighted by molar-refractivity contribution is -0.0490. The molecule has 0 aliphatic heterocycles. The van der Waals surface area contributed by atoms with E-state index in [0.29, 0.717) is 15.6 Å². The lowest BCUT2D eigenvalue weighted by Crippen LogP contribution is -2.51. The molecule has 1 aromatic carbocycles. The average Bonchev–Trinajstić information content (AvgIpc) is 2.46. The van der Waals surface area contributed by atoms with Gasteiger partial charge in [-0.1, -0.05) is 23.7 Å². The van der Waals surface area contributed by atoms with Crippen LogP contribution in [0.25, 0.3) is 0 Å². The van der Waals surface area contributed by atoms with Crippen LogP contribution in [0.4, 0.5) is 5.69 Å². The maximum absolute atomic E-state index is 6.18. The SMILES string of the molecule is S=C(NCC12CC3CC(CC(C3)C1)C2)Nc1ccccc1Cl. The first-order chi connectivity index (χ1) is 10.6. The van der Waals surface area contributed by atoms with Gasteiger partial charge in [-0.3, -0.25) is 0 Å². The third-order valence-corrected chi connectivity index (χ3v) is 6.49. The Morgan fingerprint density at radius 2 is 1.68 bits per heavy atom. The highest BCUT2D eigenvalue weighted by Crippen LogP contribution is 2.59. The predicted molar refractivity (Wildman–Crippen MR) is 96.3 cm³/mol. The smallest absolute Gasteiger partial charge is 0.170 e. The zero-order valence-electron chi connectivity index (χ0n) is 12.8. The van der Waals surface area contributed by atoms with Crippen molar-refractivity contribution in [3.05, 3.63) is 29.3 Å². The van der Waals surface area contributed by atoms with Crippen molar-refractivity contribution in [1.29, 1.82) is 0 Å². The molecule has 0 atom stereocenters. The number of benzene rings is 1.